The molecule has 1 aromatic carbocycles. The van der Waals surface area contributed by atoms with E-state index >= 15 is 0 Å². The maximum Gasteiger partial charge on any atom is 0.245 e. The fourth-order valence-corrected chi connectivity index (χ4v) is 6.62. The number of hydrogen-bond donors (Lipinski definition) is 6. The summed E-state index contributed by atoms with van der Waals surface area (Å²) in [7, 11) is 1.92. The van der Waals surface area contributed by atoms with E-state index in [9.17, 15) is 24.3 Å². The summed E-state index contributed by atoms with van der Waals surface area (Å²) in [6.45, 7) is 4.18. The van der Waals surface area contributed by atoms with Crippen molar-refractivity contribution in [3.05, 3.63) is 28.8 Å². The Morgan fingerprint density at radius 3 is 2.28 bits per heavy atom. The van der Waals surface area contributed by atoms with Crippen molar-refractivity contribution < 1.29 is 29.4 Å². The molecule has 0 radical (unpaired) electrons. The number of likely N-dealkylation sites (N-methyl/N-ethyl adjacent to an activating group) is 1. The third kappa shape index (κ3) is 14.0. The van der Waals surface area contributed by atoms with Crippen molar-refractivity contribution in [2.75, 3.05) is 38.8 Å². The number of imide groups is 1. The van der Waals surface area contributed by atoms with Crippen molar-refractivity contribution >= 4 is 35.4 Å². The molecule has 0 unspecified atom stereocenters. The molecule has 1 aliphatic carbocycles. The lowest BCUT2D eigenvalue weighted by atomic mass is 9.84. The lowest BCUT2D eigenvalue weighted by molar-refractivity contribution is -0.135. The van der Waals surface area contributed by atoms with Crippen molar-refractivity contribution in [1.29, 1.82) is 0 Å². The van der Waals surface area contributed by atoms with Crippen LogP contribution in [-0.2, 0) is 25.6 Å². The van der Waals surface area contributed by atoms with E-state index in [2.05, 4.69) is 16.0 Å². The first-order valence-electron chi connectivity index (χ1n) is 16.7. The van der Waals surface area contributed by atoms with Gasteiger partial charge in [-0.25, -0.2) is 0 Å². The van der Waals surface area contributed by atoms with Gasteiger partial charge in [0.1, 0.15) is 11.8 Å². The number of carbonyl (C=O) groups excluding carboxylic acids is 4. The molecule has 4 amide bonds. The molecule has 46 heavy (non-hydrogen) atoms. The highest BCUT2D eigenvalue weighted by atomic mass is 32.2. The molecule has 1 aliphatic rings. The molecule has 7 N–H and O–H groups in total. The summed E-state index contributed by atoms with van der Waals surface area (Å²) in [4.78, 5) is 54.3. The van der Waals surface area contributed by atoms with E-state index in [1.165, 1.54) is 18.2 Å². The summed E-state index contributed by atoms with van der Waals surface area (Å²) in [6.07, 6.45) is 12.4. The van der Waals surface area contributed by atoms with Gasteiger partial charge in [-0.05, 0) is 106 Å². The van der Waals surface area contributed by atoms with E-state index in [1.54, 1.807) is 12.1 Å². The zero-order valence-corrected chi connectivity index (χ0v) is 29.1. The zero-order valence-electron chi connectivity index (χ0n) is 28.2. The van der Waals surface area contributed by atoms with Crippen LogP contribution in [0.1, 0.15) is 87.3 Å². The van der Waals surface area contributed by atoms with Gasteiger partial charge in [0.15, 0.2) is 0 Å². The Kier molecular flexibility index (Phi) is 18.3. The van der Waals surface area contributed by atoms with Crippen LogP contribution in [0.4, 0.5) is 0 Å². The summed E-state index contributed by atoms with van der Waals surface area (Å²) in [5, 5.41) is 26.7. The standard InChI is InChI=1S/C34H57N5O6S/c1-23-18-26(41)19-24(2)27(23)21-28(35)32(43)37-29(14-17-46-4)33(44)36-22-31(42)38-34(45)30(20-25-12-8-7-9-13-25)39(3)15-10-5-6-11-16-40/h18-19,25,28-30,40-41H,5-17,20-22,35H2,1-4H3,(H,36,44)(H,37,43)(H,38,42,45)/t28-,29+,30-/m0/s1. The molecular formula is C34H57N5O6S. The van der Waals surface area contributed by atoms with Crippen LogP contribution in [0.15, 0.2) is 12.1 Å². The maximum absolute atomic E-state index is 13.4. The molecule has 0 aromatic heterocycles. The number of nitrogens with zero attached hydrogens (tertiary/aromatic N) is 1. The number of aryl methyl sites for hydroxylation is 2. The van der Waals surface area contributed by atoms with Gasteiger partial charge in [0.25, 0.3) is 0 Å². The molecule has 0 saturated heterocycles. The average molecular weight is 664 g/mol. The lowest BCUT2D eigenvalue weighted by Gasteiger charge is -2.31. The highest BCUT2D eigenvalue weighted by molar-refractivity contribution is 7.98. The second-order valence-corrected chi connectivity index (χ2v) is 13.7. The second-order valence-electron chi connectivity index (χ2n) is 12.7. The molecule has 0 aliphatic heterocycles. The quantitative estimate of drug-likeness (QED) is 0.115. The van der Waals surface area contributed by atoms with Gasteiger partial charge in [0.2, 0.25) is 23.6 Å². The number of hydrogen-bond acceptors (Lipinski definition) is 9. The van der Waals surface area contributed by atoms with Crippen molar-refractivity contribution in [3.8, 4) is 5.75 Å². The molecule has 1 saturated carbocycles. The van der Waals surface area contributed by atoms with Crippen molar-refractivity contribution in [2.45, 2.75) is 109 Å². The van der Waals surface area contributed by atoms with E-state index in [0.29, 0.717) is 31.1 Å². The summed E-state index contributed by atoms with van der Waals surface area (Å²) in [5.41, 5.74) is 8.73. The molecule has 3 atom stereocenters. The third-order valence-electron chi connectivity index (χ3n) is 8.91. The number of benzene rings is 1. The van der Waals surface area contributed by atoms with Crippen LogP contribution in [0.3, 0.4) is 0 Å². The Hall–Kier alpha value is -2.67. The Morgan fingerprint density at radius 2 is 1.65 bits per heavy atom. The minimum absolute atomic E-state index is 0.147. The number of nitrogens with two attached hydrogens (primary N) is 1. The Morgan fingerprint density at radius 1 is 1.00 bits per heavy atom. The number of amides is 4. The topological polar surface area (TPSA) is 174 Å². The van der Waals surface area contributed by atoms with Crippen LogP contribution in [0.2, 0.25) is 0 Å². The normalized spacial score (nSPS) is 15.6. The van der Waals surface area contributed by atoms with Gasteiger partial charge >= 0.3 is 0 Å². The number of aromatic hydroxyl groups is 1. The van der Waals surface area contributed by atoms with Gasteiger partial charge in [0, 0.05) is 6.61 Å². The summed E-state index contributed by atoms with van der Waals surface area (Å²) in [6, 6.07) is 0.980. The number of carbonyl (C=O) groups is 4. The van der Waals surface area contributed by atoms with Gasteiger partial charge in [-0.2, -0.15) is 11.8 Å². The van der Waals surface area contributed by atoms with Crippen molar-refractivity contribution in [3.63, 3.8) is 0 Å². The van der Waals surface area contributed by atoms with Gasteiger partial charge in [-0.15, -0.1) is 0 Å². The molecule has 260 valence electrons. The molecular weight excluding hydrogens is 606 g/mol. The average Bonchev–Trinajstić information content (AvgIpc) is 3.02. The molecule has 0 spiro atoms. The minimum Gasteiger partial charge on any atom is -0.508 e. The monoisotopic (exact) mass is 663 g/mol. The number of phenolic OH excluding ortho intramolecular Hbond substituents is 1. The number of aliphatic hydroxyl groups excluding tert-OH is 1. The smallest absolute Gasteiger partial charge is 0.245 e. The number of phenols is 1. The van der Waals surface area contributed by atoms with Crippen LogP contribution in [0.5, 0.6) is 5.75 Å². The Balaban J connectivity index is 1.96. The molecule has 0 heterocycles. The highest BCUT2D eigenvalue weighted by Gasteiger charge is 2.29. The van der Waals surface area contributed by atoms with Gasteiger partial charge < -0.3 is 26.6 Å². The van der Waals surface area contributed by atoms with Gasteiger partial charge in [-0.1, -0.05) is 44.9 Å². The van der Waals surface area contributed by atoms with E-state index < -0.39 is 42.4 Å². The first-order valence-corrected chi connectivity index (χ1v) is 18.1. The molecule has 2 rings (SSSR count). The third-order valence-corrected chi connectivity index (χ3v) is 9.55. The van der Waals surface area contributed by atoms with Crippen molar-refractivity contribution in [1.82, 2.24) is 20.9 Å². The van der Waals surface area contributed by atoms with E-state index in [0.717, 1.165) is 68.1 Å². The number of rotatable bonds is 20. The molecule has 12 heteroatoms. The largest absolute Gasteiger partial charge is 0.508 e. The lowest BCUT2D eigenvalue weighted by Crippen LogP contribution is -2.54. The van der Waals surface area contributed by atoms with E-state index in [4.69, 9.17) is 10.8 Å². The molecule has 1 fully saturated rings. The fourth-order valence-electron chi connectivity index (χ4n) is 6.15. The maximum atomic E-state index is 13.4. The van der Waals surface area contributed by atoms with Crippen LogP contribution >= 0.6 is 11.8 Å². The van der Waals surface area contributed by atoms with E-state index in [-0.39, 0.29) is 24.7 Å². The van der Waals surface area contributed by atoms with Crippen LogP contribution in [0.25, 0.3) is 0 Å². The fraction of sp³-hybridized carbons (Fsp3) is 0.706. The second kappa shape index (κ2) is 21.3. The van der Waals surface area contributed by atoms with Crippen molar-refractivity contribution in [2.24, 2.45) is 11.7 Å². The van der Waals surface area contributed by atoms with Crippen LogP contribution < -0.4 is 21.7 Å². The SMILES string of the molecule is CSCC[C@@H](NC(=O)[C@@H](N)Cc1c(C)cc(O)cc1C)C(=O)NCC(=O)NC(=O)[C@H](CC1CCCCC1)N(C)CCCCCCO. The minimum atomic E-state index is -0.916. The predicted octanol–water partition coefficient (Wildman–Crippen LogP) is 2.70. The molecule has 11 nitrogen and oxygen atoms in total. The summed E-state index contributed by atoms with van der Waals surface area (Å²) in [5.74, 6) is -0.790. The highest BCUT2D eigenvalue weighted by Crippen LogP contribution is 2.28. The summed E-state index contributed by atoms with van der Waals surface area (Å²) >= 11 is 1.53. The predicted molar refractivity (Wildman–Crippen MR) is 184 cm³/mol. The Bertz CT molecular complexity index is 1110. The van der Waals surface area contributed by atoms with Crippen LogP contribution in [-0.4, -0.2) is 95.6 Å². The van der Waals surface area contributed by atoms with Crippen LogP contribution in [0, 0.1) is 19.8 Å². The number of thioether (sulfide) groups is 1. The zero-order chi connectivity index (χ0) is 34.1. The van der Waals surface area contributed by atoms with Gasteiger partial charge in [0.05, 0.1) is 18.6 Å². The van der Waals surface area contributed by atoms with Gasteiger partial charge in [-0.3, -0.25) is 29.4 Å². The number of unbranched alkanes of at least 4 members (excludes halogenated alkanes) is 3. The summed E-state index contributed by atoms with van der Waals surface area (Å²) < 4.78 is 0. The Labute approximate surface area is 279 Å². The number of aliphatic hydroxyl groups is 1. The first kappa shape index (κ1) is 39.5. The molecule has 1 aromatic rings. The molecule has 0 bridgehead atoms. The first-order chi connectivity index (χ1) is 22.0. The van der Waals surface area contributed by atoms with E-state index in [1.807, 2.05) is 32.1 Å². The number of nitrogens with one attached hydrogen (secondary N) is 3.